The van der Waals surface area contributed by atoms with Crippen LogP contribution < -0.4 is 4.90 Å². The smallest absolute Gasteiger partial charge is 0.159 e. The first-order valence-corrected chi connectivity index (χ1v) is 11.2. The lowest BCUT2D eigenvalue weighted by Gasteiger charge is -2.37. The first-order chi connectivity index (χ1) is 15.6. The number of anilines is 1. The van der Waals surface area contributed by atoms with E-state index in [4.69, 9.17) is 5.10 Å². The molecule has 0 atom stereocenters. The van der Waals surface area contributed by atoms with Crippen LogP contribution in [0.1, 0.15) is 24.0 Å². The van der Waals surface area contributed by atoms with Gasteiger partial charge in [-0.2, -0.15) is 5.10 Å². The zero-order chi connectivity index (χ0) is 22.1. The summed E-state index contributed by atoms with van der Waals surface area (Å²) < 4.78 is 1.85. The van der Waals surface area contributed by atoms with Crippen LogP contribution >= 0.6 is 0 Å². The minimum Gasteiger partial charge on any atom is -0.354 e. The van der Waals surface area contributed by atoms with E-state index in [9.17, 15) is 0 Å². The van der Waals surface area contributed by atoms with Crippen LogP contribution in [0.2, 0.25) is 0 Å². The Bertz CT molecular complexity index is 1220. The zero-order valence-corrected chi connectivity index (χ0v) is 18.9. The molecule has 1 aliphatic heterocycles. The fraction of sp³-hybridized carbons (Fsp3) is 0.360. The third-order valence-corrected chi connectivity index (χ3v) is 6.67. The maximum Gasteiger partial charge on any atom is 0.159 e. The summed E-state index contributed by atoms with van der Waals surface area (Å²) in [6.07, 6.45) is 7.86. The Labute approximate surface area is 188 Å². The third kappa shape index (κ3) is 3.84. The van der Waals surface area contributed by atoms with Gasteiger partial charge in [0, 0.05) is 62.1 Å². The molecule has 0 bridgehead atoms. The van der Waals surface area contributed by atoms with Gasteiger partial charge in [-0.05, 0) is 50.1 Å². The van der Waals surface area contributed by atoms with E-state index in [1.165, 1.54) is 11.1 Å². The maximum atomic E-state index is 4.69. The highest BCUT2D eigenvalue weighted by atomic mass is 15.3. The van der Waals surface area contributed by atoms with E-state index in [-0.39, 0.29) is 0 Å². The van der Waals surface area contributed by atoms with E-state index >= 15 is 0 Å². The number of aromatic nitrogens is 5. The summed E-state index contributed by atoms with van der Waals surface area (Å²) in [6.45, 7) is 5.06. The van der Waals surface area contributed by atoms with E-state index < -0.39 is 0 Å². The van der Waals surface area contributed by atoms with Crippen molar-refractivity contribution in [3.8, 4) is 11.4 Å². The van der Waals surface area contributed by atoms with E-state index in [2.05, 4.69) is 69.3 Å². The van der Waals surface area contributed by atoms with Crippen molar-refractivity contribution in [1.82, 2.24) is 29.9 Å². The molecule has 0 N–H and O–H groups in total. The van der Waals surface area contributed by atoms with Crippen LogP contribution in [0.3, 0.4) is 0 Å². The average molecular weight is 428 g/mol. The predicted molar refractivity (Wildman–Crippen MR) is 127 cm³/mol. The quantitative estimate of drug-likeness (QED) is 0.482. The molecule has 1 saturated heterocycles. The van der Waals surface area contributed by atoms with Gasteiger partial charge in [0.2, 0.25) is 0 Å². The van der Waals surface area contributed by atoms with Gasteiger partial charge >= 0.3 is 0 Å². The number of nitrogens with zero attached hydrogens (tertiary/aromatic N) is 7. The number of fused-ring (bicyclic) bond motifs is 1. The summed E-state index contributed by atoms with van der Waals surface area (Å²) in [5.41, 5.74) is 4.47. The molecule has 1 fully saturated rings. The summed E-state index contributed by atoms with van der Waals surface area (Å²) in [4.78, 5) is 9.09. The number of hydrogen-bond acceptors (Lipinski definition) is 6. The van der Waals surface area contributed by atoms with Crippen LogP contribution in [0.4, 0.5) is 5.82 Å². The van der Waals surface area contributed by atoms with Crippen LogP contribution in [0, 0.1) is 6.92 Å². The summed E-state index contributed by atoms with van der Waals surface area (Å²) in [5, 5.41) is 15.9. The second-order valence-electron chi connectivity index (χ2n) is 8.69. The molecule has 1 aliphatic rings. The minimum atomic E-state index is 0.562. The normalized spacial score (nSPS) is 15.1. The van der Waals surface area contributed by atoms with Gasteiger partial charge in [0.1, 0.15) is 5.69 Å². The lowest BCUT2D eigenvalue weighted by atomic mass is 10.0. The van der Waals surface area contributed by atoms with Gasteiger partial charge in [-0.3, -0.25) is 14.6 Å². The average Bonchev–Trinajstić information content (AvgIpc) is 3.25. The molecule has 0 spiro atoms. The molecule has 3 aromatic heterocycles. The van der Waals surface area contributed by atoms with Gasteiger partial charge in [-0.15, -0.1) is 10.2 Å². The predicted octanol–water partition coefficient (Wildman–Crippen LogP) is 3.83. The molecule has 0 amide bonds. The van der Waals surface area contributed by atoms with Crippen molar-refractivity contribution in [3.05, 3.63) is 66.1 Å². The van der Waals surface area contributed by atoms with Gasteiger partial charge in [-0.25, -0.2) is 0 Å². The standard InChI is InChI=1S/C25H29N7/c1-18-16-26-12-8-19(18)17-30(2)20-10-14-32(15-11-20)25-22-7-5-4-6-21(22)24(28-29-25)23-9-13-27-31(23)3/h4-9,12-13,16,20H,10-11,14-15,17H2,1-3H3. The second-order valence-corrected chi connectivity index (χ2v) is 8.69. The van der Waals surface area contributed by atoms with Gasteiger partial charge in [0.15, 0.2) is 5.82 Å². The Morgan fingerprint density at radius 1 is 1.00 bits per heavy atom. The molecule has 7 heteroatoms. The van der Waals surface area contributed by atoms with Crippen LogP contribution in [-0.2, 0) is 13.6 Å². The molecular formula is C25H29N7. The monoisotopic (exact) mass is 427 g/mol. The van der Waals surface area contributed by atoms with Gasteiger partial charge in [-0.1, -0.05) is 24.3 Å². The van der Waals surface area contributed by atoms with Crippen LogP contribution in [0.25, 0.3) is 22.2 Å². The largest absolute Gasteiger partial charge is 0.354 e. The fourth-order valence-corrected chi connectivity index (χ4v) is 4.71. The highest BCUT2D eigenvalue weighted by Gasteiger charge is 2.25. The highest BCUT2D eigenvalue weighted by molar-refractivity contribution is 5.99. The van der Waals surface area contributed by atoms with Crippen molar-refractivity contribution in [3.63, 3.8) is 0 Å². The summed E-state index contributed by atoms with van der Waals surface area (Å²) in [6, 6.07) is 13.1. The molecule has 4 aromatic rings. The van der Waals surface area contributed by atoms with E-state index in [0.717, 1.165) is 60.5 Å². The SMILES string of the molecule is Cc1cnccc1CN(C)C1CCN(c2nnc(-c3ccnn3C)c3ccccc23)CC1. The number of piperidine rings is 1. The minimum absolute atomic E-state index is 0.562. The Kier molecular flexibility index (Phi) is 5.57. The molecule has 0 aliphatic carbocycles. The molecule has 164 valence electrons. The molecule has 5 rings (SSSR count). The van der Waals surface area contributed by atoms with Crippen molar-refractivity contribution in [1.29, 1.82) is 0 Å². The molecule has 0 radical (unpaired) electrons. The van der Waals surface area contributed by atoms with Crippen molar-refractivity contribution in [2.24, 2.45) is 7.05 Å². The topological polar surface area (TPSA) is 63.0 Å². The first-order valence-electron chi connectivity index (χ1n) is 11.2. The fourth-order valence-electron chi connectivity index (χ4n) is 4.71. The summed E-state index contributed by atoms with van der Waals surface area (Å²) >= 11 is 0. The Morgan fingerprint density at radius 3 is 2.50 bits per heavy atom. The molecule has 0 saturated carbocycles. The summed E-state index contributed by atoms with van der Waals surface area (Å²) in [5.74, 6) is 0.984. The van der Waals surface area contributed by atoms with Crippen LogP contribution in [0.5, 0.6) is 0 Å². The number of aryl methyl sites for hydroxylation is 2. The number of pyridine rings is 1. The Hall–Kier alpha value is -3.32. The van der Waals surface area contributed by atoms with E-state index in [1.54, 1.807) is 6.20 Å². The van der Waals surface area contributed by atoms with E-state index in [0.29, 0.717) is 6.04 Å². The maximum absolute atomic E-state index is 4.69. The highest BCUT2D eigenvalue weighted by Crippen LogP contribution is 2.32. The second kappa shape index (κ2) is 8.67. The molecule has 0 unspecified atom stereocenters. The number of hydrogen-bond donors (Lipinski definition) is 0. The molecule has 7 nitrogen and oxygen atoms in total. The Morgan fingerprint density at radius 2 is 1.78 bits per heavy atom. The van der Waals surface area contributed by atoms with Crippen molar-refractivity contribution < 1.29 is 0 Å². The van der Waals surface area contributed by atoms with Gasteiger partial charge < -0.3 is 4.90 Å². The molecule has 32 heavy (non-hydrogen) atoms. The lowest BCUT2D eigenvalue weighted by molar-refractivity contribution is 0.200. The van der Waals surface area contributed by atoms with Gasteiger partial charge in [0.05, 0.1) is 5.69 Å². The van der Waals surface area contributed by atoms with Crippen LogP contribution in [0.15, 0.2) is 55.0 Å². The molecule has 1 aromatic carbocycles. The third-order valence-electron chi connectivity index (χ3n) is 6.67. The van der Waals surface area contributed by atoms with E-state index in [1.807, 2.05) is 30.2 Å². The van der Waals surface area contributed by atoms with Crippen molar-refractivity contribution in [2.75, 3.05) is 25.0 Å². The van der Waals surface area contributed by atoms with Crippen molar-refractivity contribution in [2.45, 2.75) is 32.4 Å². The molecular weight excluding hydrogens is 398 g/mol. The number of benzene rings is 1. The van der Waals surface area contributed by atoms with Crippen molar-refractivity contribution >= 4 is 16.6 Å². The first kappa shape index (κ1) is 20.6. The van der Waals surface area contributed by atoms with Gasteiger partial charge in [0.25, 0.3) is 0 Å². The molecule has 4 heterocycles. The lowest BCUT2D eigenvalue weighted by Crippen LogP contribution is -2.43. The summed E-state index contributed by atoms with van der Waals surface area (Å²) in [7, 11) is 4.17. The number of rotatable bonds is 5. The Balaban J connectivity index is 1.34. The van der Waals surface area contributed by atoms with Crippen LogP contribution in [-0.4, -0.2) is 56.0 Å². The zero-order valence-electron chi connectivity index (χ0n) is 18.9.